The molecule has 3 aromatic rings. The molecule has 2 aliphatic rings. The Hall–Kier alpha value is -3.17. The van der Waals surface area contributed by atoms with Gasteiger partial charge in [0.2, 0.25) is 0 Å². The number of pyridine rings is 1. The van der Waals surface area contributed by atoms with Gasteiger partial charge in [0.15, 0.2) is 0 Å². The molecule has 0 saturated carbocycles. The fraction of sp³-hybridized carbons (Fsp3) is 0.367. The topological polar surface area (TPSA) is 48.8 Å². The highest BCUT2D eigenvalue weighted by atomic mass is 16.5. The van der Waals surface area contributed by atoms with Gasteiger partial charge in [-0.25, -0.2) is 0 Å². The first-order chi connectivity index (χ1) is 17.2. The van der Waals surface area contributed by atoms with E-state index in [9.17, 15) is 5.11 Å². The van der Waals surface area contributed by atoms with Gasteiger partial charge in [-0.1, -0.05) is 36.1 Å². The lowest BCUT2D eigenvalue weighted by Crippen LogP contribution is -2.67. The molecule has 1 N–H and O–H groups in total. The predicted octanol–water partition coefficient (Wildman–Crippen LogP) is 3.91. The molecule has 3 heterocycles. The fourth-order valence-electron chi connectivity index (χ4n) is 5.55. The summed E-state index contributed by atoms with van der Waals surface area (Å²) in [5.41, 5.74) is 4.48. The minimum absolute atomic E-state index is 0.184. The van der Waals surface area contributed by atoms with Crippen molar-refractivity contribution in [2.45, 2.75) is 37.4 Å². The molecular weight excluding hydrogens is 434 g/mol. The second-order valence-corrected chi connectivity index (χ2v) is 9.49. The summed E-state index contributed by atoms with van der Waals surface area (Å²) < 4.78 is 5.43. The van der Waals surface area contributed by atoms with Gasteiger partial charge in [0.1, 0.15) is 5.75 Å². The molecule has 2 aliphatic heterocycles. The van der Waals surface area contributed by atoms with Crippen LogP contribution in [0.1, 0.15) is 41.0 Å². The van der Waals surface area contributed by atoms with Crippen LogP contribution in [-0.4, -0.2) is 65.3 Å². The van der Waals surface area contributed by atoms with E-state index in [1.807, 2.05) is 18.2 Å². The lowest BCUT2D eigenvalue weighted by molar-refractivity contribution is -0.0655. The van der Waals surface area contributed by atoms with Crippen molar-refractivity contribution < 1.29 is 9.84 Å². The summed E-state index contributed by atoms with van der Waals surface area (Å²) >= 11 is 0. The molecule has 35 heavy (non-hydrogen) atoms. The van der Waals surface area contributed by atoms with Gasteiger partial charge in [-0.2, -0.15) is 0 Å². The average Bonchev–Trinajstić information content (AvgIpc) is 2.89. The summed E-state index contributed by atoms with van der Waals surface area (Å²) in [6.45, 7) is 4.27. The maximum atomic E-state index is 10.2. The zero-order valence-corrected chi connectivity index (χ0v) is 20.3. The Morgan fingerprint density at radius 1 is 1.00 bits per heavy atom. The number of aromatic nitrogens is 1. The Morgan fingerprint density at radius 2 is 1.83 bits per heavy atom. The summed E-state index contributed by atoms with van der Waals surface area (Å²) in [6, 6.07) is 21.4. The molecule has 180 valence electrons. The maximum absolute atomic E-state index is 10.2. The minimum atomic E-state index is 0.184. The number of nitrogens with zero attached hydrogens (tertiary/aromatic N) is 3. The number of hydrogen-bond donors (Lipinski definition) is 1. The molecule has 0 amide bonds. The number of rotatable bonds is 5. The van der Waals surface area contributed by atoms with Crippen LogP contribution < -0.4 is 4.74 Å². The van der Waals surface area contributed by atoms with Crippen LogP contribution in [0.4, 0.5) is 0 Å². The summed E-state index contributed by atoms with van der Waals surface area (Å²) in [5, 5.41) is 10.2. The molecule has 5 rings (SSSR count). The lowest BCUT2D eigenvalue weighted by atomic mass is 9.74. The number of aliphatic hydroxyl groups excluding tert-OH is 1. The van der Waals surface area contributed by atoms with E-state index in [0.29, 0.717) is 12.0 Å². The zero-order chi connectivity index (χ0) is 24.0. The van der Waals surface area contributed by atoms with Gasteiger partial charge < -0.3 is 9.84 Å². The van der Waals surface area contributed by atoms with Crippen molar-refractivity contribution >= 4 is 0 Å². The molecule has 1 aromatic heterocycles. The van der Waals surface area contributed by atoms with Crippen molar-refractivity contribution in [2.75, 3.05) is 33.4 Å². The Bertz CT molecular complexity index is 1170. The molecule has 0 bridgehead atoms. The van der Waals surface area contributed by atoms with Crippen LogP contribution in [0.5, 0.6) is 5.75 Å². The van der Waals surface area contributed by atoms with E-state index >= 15 is 0 Å². The number of hydrogen-bond acceptors (Lipinski definition) is 5. The van der Waals surface area contributed by atoms with E-state index in [-0.39, 0.29) is 12.6 Å². The molecule has 0 radical (unpaired) electrons. The van der Waals surface area contributed by atoms with Crippen LogP contribution >= 0.6 is 0 Å². The molecule has 5 heteroatoms. The van der Waals surface area contributed by atoms with E-state index in [1.54, 1.807) is 19.5 Å². The van der Waals surface area contributed by atoms with Crippen LogP contribution in [0.2, 0.25) is 0 Å². The second kappa shape index (κ2) is 11.0. The number of fused-ring (bicyclic) bond motifs is 1. The highest BCUT2D eigenvalue weighted by Crippen LogP contribution is 2.42. The summed E-state index contributed by atoms with van der Waals surface area (Å²) in [5.74, 6) is 7.65. The summed E-state index contributed by atoms with van der Waals surface area (Å²) in [4.78, 5) is 9.22. The smallest absolute Gasteiger partial charge is 0.119 e. The Balaban J connectivity index is 1.32. The third kappa shape index (κ3) is 5.41. The highest BCUT2D eigenvalue weighted by Gasteiger charge is 2.48. The first-order valence-electron chi connectivity index (χ1n) is 12.5. The Kier molecular flexibility index (Phi) is 7.44. The predicted molar refractivity (Wildman–Crippen MR) is 138 cm³/mol. The quantitative estimate of drug-likeness (QED) is 0.577. The van der Waals surface area contributed by atoms with Crippen molar-refractivity contribution in [3.63, 3.8) is 0 Å². The molecule has 2 fully saturated rings. The van der Waals surface area contributed by atoms with E-state index in [0.717, 1.165) is 49.5 Å². The molecule has 5 nitrogen and oxygen atoms in total. The Morgan fingerprint density at radius 3 is 2.60 bits per heavy atom. The number of methoxy groups -OCH3 is 1. The summed E-state index contributed by atoms with van der Waals surface area (Å²) in [6.07, 6.45) is 5.88. The van der Waals surface area contributed by atoms with E-state index < -0.39 is 0 Å². The third-order valence-electron chi connectivity index (χ3n) is 7.30. The lowest BCUT2D eigenvalue weighted by Gasteiger charge is -2.57. The molecule has 0 unspecified atom stereocenters. The fourth-order valence-corrected chi connectivity index (χ4v) is 5.55. The van der Waals surface area contributed by atoms with Gasteiger partial charge in [-0.05, 0) is 73.5 Å². The standard InChI is InChI=1S/C30H33N3O2/c1-35-27-8-4-6-25(18-27)20-32-16-2-3-17-33-28(21-32)30(29(33)22-34)26-13-11-23(12-14-26)9-10-24-7-5-15-31-19-24/h4-8,11-15,18-19,28-30,34H,2-3,16-17,20-22H2,1H3/t28-,29-,30+/m1/s1. The Labute approximate surface area is 208 Å². The average molecular weight is 468 g/mol. The zero-order valence-electron chi connectivity index (χ0n) is 20.3. The largest absolute Gasteiger partial charge is 0.497 e. The minimum Gasteiger partial charge on any atom is -0.497 e. The van der Waals surface area contributed by atoms with Gasteiger partial charge in [0.05, 0.1) is 13.7 Å². The van der Waals surface area contributed by atoms with Crippen LogP contribution in [-0.2, 0) is 6.54 Å². The molecule has 0 spiro atoms. The number of aliphatic hydroxyl groups is 1. The first kappa shape index (κ1) is 23.6. The van der Waals surface area contributed by atoms with Crippen LogP contribution in [0, 0.1) is 11.8 Å². The highest BCUT2D eigenvalue weighted by molar-refractivity contribution is 5.43. The van der Waals surface area contributed by atoms with Crippen molar-refractivity contribution in [1.82, 2.24) is 14.8 Å². The van der Waals surface area contributed by atoms with Crippen molar-refractivity contribution in [3.8, 4) is 17.6 Å². The third-order valence-corrected chi connectivity index (χ3v) is 7.30. The molecule has 3 atom stereocenters. The summed E-state index contributed by atoms with van der Waals surface area (Å²) in [7, 11) is 1.72. The van der Waals surface area contributed by atoms with Crippen molar-refractivity contribution in [3.05, 3.63) is 95.3 Å². The van der Waals surface area contributed by atoms with Gasteiger partial charge in [0, 0.05) is 54.6 Å². The molecule has 2 saturated heterocycles. The second-order valence-electron chi connectivity index (χ2n) is 9.49. The molecular formula is C30H33N3O2. The van der Waals surface area contributed by atoms with Crippen LogP contribution in [0.25, 0.3) is 0 Å². The van der Waals surface area contributed by atoms with Gasteiger partial charge in [0.25, 0.3) is 0 Å². The first-order valence-corrected chi connectivity index (χ1v) is 12.5. The normalized spacial score (nSPS) is 22.6. The van der Waals surface area contributed by atoms with Crippen LogP contribution in [0.15, 0.2) is 73.1 Å². The van der Waals surface area contributed by atoms with Gasteiger partial charge >= 0.3 is 0 Å². The maximum Gasteiger partial charge on any atom is 0.119 e. The molecule has 0 aliphatic carbocycles. The van der Waals surface area contributed by atoms with Gasteiger partial charge in [-0.3, -0.25) is 14.8 Å². The van der Waals surface area contributed by atoms with Crippen molar-refractivity contribution in [1.29, 1.82) is 0 Å². The van der Waals surface area contributed by atoms with Crippen LogP contribution in [0.3, 0.4) is 0 Å². The SMILES string of the molecule is COc1cccc(CN2CCCCN3[C@H](CO)[C@@H](c4ccc(C#Cc5cccnc5)cc4)[C@H]3C2)c1. The van der Waals surface area contributed by atoms with Crippen molar-refractivity contribution in [2.24, 2.45) is 0 Å². The number of ether oxygens (including phenoxy) is 1. The van der Waals surface area contributed by atoms with E-state index in [4.69, 9.17) is 4.74 Å². The molecule has 2 aromatic carbocycles. The monoisotopic (exact) mass is 467 g/mol. The number of benzene rings is 2. The van der Waals surface area contributed by atoms with Gasteiger partial charge in [-0.15, -0.1) is 0 Å². The van der Waals surface area contributed by atoms with E-state index in [2.05, 4.69) is 69.1 Å². The van der Waals surface area contributed by atoms with E-state index in [1.165, 1.54) is 17.5 Å².